The van der Waals surface area contributed by atoms with Gasteiger partial charge < -0.3 is 4.74 Å². The van der Waals surface area contributed by atoms with E-state index in [2.05, 4.69) is 19.9 Å². The molecule has 0 saturated carbocycles. The molecule has 1 N–H and O–H groups in total. The first-order valence-electron chi connectivity index (χ1n) is 5.27. The zero-order chi connectivity index (χ0) is 14.0. The molecule has 1 aromatic heterocycles. The molecule has 2 aromatic rings. The van der Waals surface area contributed by atoms with Crippen LogP contribution in [-0.2, 0) is 4.74 Å². The van der Waals surface area contributed by atoms with Gasteiger partial charge in [0.2, 0.25) is 5.82 Å². The van der Waals surface area contributed by atoms with Crippen LogP contribution in [0.2, 0.25) is 0 Å². The highest BCUT2D eigenvalue weighted by atomic mass is 19.2. The third-order valence-electron chi connectivity index (χ3n) is 2.20. The number of benzene rings is 1. The summed E-state index contributed by atoms with van der Waals surface area (Å²) in [5, 5.41) is 5.88. The summed E-state index contributed by atoms with van der Waals surface area (Å²) in [6, 6.07) is 1.47. The topological polar surface area (TPSA) is 67.9 Å². The van der Waals surface area contributed by atoms with Crippen LogP contribution in [-0.4, -0.2) is 27.8 Å². The number of esters is 1. The Labute approximate surface area is 105 Å². The number of H-pyrrole nitrogens is 1. The lowest BCUT2D eigenvalue weighted by atomic mass is 10.2. The van der Waals surface area contributed by atoms with Gasteiger partial charge in [-0.2, -0.15) is 5.10 Å². The van der Waals surface area contributed by atoms with Crippen LogP contribution in [0.25, 0.3) is 11.4 Å². The van der Waals surface area contributed by atoms with E-state index in [-0.39, 0.29) is 23.8 Å². The molecule has 0 aliphatic heterocycles. The molecule has 100 valence electrons. The molecule has 0 fully saturated rings. The van der Waals surface area contributed by atoms with E-state index in [1.807, 2.05) is 0 Å². The number of aromatic amines is 1. The van der Waals surface area contributed by atoms with Crippen LogP contribution in [0.3, 0.4) is 0 Å². The van der Waals surface area contributed by atoms with Crippen molar-refractivity contribution in [1.29, 1.82) is 0 Å². The van der Waals surface area contributed by atoms with E-state index in [0.717, 1.165) is 12.1 Å². The van der Waals surface area contributed by atoms with E-state index in [1.54, 1.807) is 6.92 Å². The van der Waals surface area contributed by atoms with E-state index in [9.17, 15) is 18.0 Å². The first-order valence-corrected chi connectivity index (χ1v) is 5.27. The van der Waals surface area contributed by atoms with Crippen LogP contribution in [0.4, 0.5) is 13.2 Å². The minimum absolute atomic E-state index is 0.0943. The van der Waals surface area contributed by atoms with Crippen LogP contribution in [0, 0.1) is 17.5 Å². The van der Waals surface area contributed by atoms with Crippen molar-refractivity contribution in [3.63, 3.8) is 0 Å². The van der Waals surface area contributed by atoms with Crippen molar-refractivity contribution in [3.8, 4) is 11.4 Å². The second kappa shape index (κ2) is 5.09. The summed E-state index contributed by atoms with van der Waals surface area (Å²) in [6.45, 7) is 1.76. The average Bonchev–Trinajstić information content (AvgIpc) is 2.85. The SMILES string of the molecule is CCOC(=O)c1nc(-c2cc(F)c(F)c(F)c2)n[nH]1. The first kappa shape index (κ1) is 13.1. The van der Waals surface area contributed by atoms with Gasteiger partial charge in [0.15, 0.2) is 23.3 Å². The molecule has 1 heterocycles. The molecule has 0 amide bonds. The molecule has 0 radical (unpaired) electrons. The number of aromatic nitrogens is 3. The summed E-state index contributed by atoms with van der Waals surface area (Å²) in [6.07, 6.45) is 0. The summed E-state index contributed by atoms with van der Waals surface area (Å²) in [5.74, 6) is -5.40. The average molecular weight is 271 g/mol. The fourth-order valence-electron chi connectivity index (χ4n) is 1.37. The molecule has 0 saturated heterocycles. The number of nitrogens with one attached hydrogen (secondary N) is 1. The lowest BCUT2D eigenvalue weighted by Crippen LogP contribution is -2.06. The maximum atomic E-state index is 13.0. The van der Waals surface area contributed by atoms with E-state index < -0.39 is 23.4 Å². The van der Waals surface area contributed by atoms with Crippen molar-refractivity contribution < 1.29 is 22.7 Å². The molecule has 5 nitrogen and oxygen atoms in total. The van der Waals surface area contributed by atoms with Crippen LogP contribution in [0.5, 0.6) is 0 Å². The highest BCUT2D eigenvalue weighted by molar-refractivity contribution is 5.85. The van der Waals surface area contributed by atoms with Gasteiger partial charge in [-0.25, -0.2) is 22.9 Å². The Morgan fingerprint density at radius 1 is 1.32 bits per heavy atom. The number of ether oxygens (including phenoxy) is 1. The lowest BCUT2D eigenvalue weighted by Gasteiger charge is -1.98. The summed E-state index contributed by atoms with van der Waals surface area (Å²) in [5.41, 5.74) is -0.0943. The predicted molar refractivity (Wildman–Crippen MR) is 57.6 cm³/mol. The minimum atomic E-state index is -1.58. The van der Waals surface area contributed by atoms with Gasteiger partial charge in [-0.3, -0.25) is 5.10 Å². The van der Waals surface area contributed by atoms with Crippen molar-refractivity contribution in [3.05, 3.63) is 35.4 Å². The number of hydrogen-bond donors (Lipinski definition) is 1. The van der Waals surface area contributed by atoms with Gasteiger partial charge in [0.25, 0.3) is 0 Å². The number of hydrogen-bond acceptors (Lipinski definition) is 4. The Hall–Kier alpha value is -2.38. The van der Waals surface area contributed by atoms with E-state index in [4.69, 9.17) is 0 Å². The Bertz CT molecular complexity index is 604. The highest BCUT2D eigenvalue weighted by Gasteiger charge is 2.17. The summed E-state index contributed by atoms with van der Waals surface area (Å²) < 4.78 is 43.5. The Balaban J connectivity index is 2.35. The molecule has 1 aromatic carbocycles. The maximum absolute atomic E-state index is 13.0. The number of halogens is 3. The zero-order valence-electron chi connectivity index (χ0n) is 9.71. The monoisotopic (exact) mass is 271 g/mol. The van der Waals surface area contributed by atoms with Crippen LogP contribution >= 0.6 is 0 Å². The second-order valence-electron chi connectivity index (χ2n) is 3.48. The van der Waals surface area contributed by atoms with E-state index >= 15 is 0 Å². The number of carbonyl (C=O) groups excluding carboxylic acids is 1. The standard InChI is InChI=1S/C11H8F3N3O2/c1-2-19-11(18)10-15-9(16-17-10)5-3-6(12)8(14)7(13)4-5/h3-4H,2H2,1H3,(H,15,16,17). The predicted octanol–water partition coefficient (Wildman–Crippen LogP) is 2.07. The van der Waals surface area contributed by atoms with E-state index in [0.29, 0.717) is 0 Å². The second-order valence-corrected chi connectivity index (χ2v) is 3.48. The van der Waals surface area contributed by atoms with Gasteiger partial charge in [0.1, 0.15) is 0 Å². The molecule has 2 rings (SSSR count). The molecule has 8 heteroatoms. The molecular weight excluding hydrogens is 263 g/mol. The number of nitrogens with zero attached hydrogens (tertiary/aromatic N) is 2. The van der Waals surface area contributed by atoms with E-state index in [1.165, 1.54) is 0 Å². The van der Waals surface area contributed by atoms with Gasteiger partial charge in [0, 0.05) is 5.56 Å². The Morgan fingerprint density at radius 3 is 2.53 bits per heavy atom. The molecule has 0 atom stereocenters. The summed E-state index contributed by atoms with van der Waals surface area (Å²) >= 11 is 0. The summed E-state index contributed by atoms with van der Waals surface area (Å²) in [4.78, 5) is 15.0. The van der Waals surface area contributed by atoms with Gasteiger partial charge in [-0.05, 0) is 19.1 Å². The van der Waals surface area contributed by atoms with Gasteiger partial charge in [-0.1, -0.05) is 0 Å². The highest BCUT2D eigenvalue weighted by Crippen LogP contribution is 2.20. The maximum Gasteiger partial charge on any atom is 0.375 e. The van der Waals surface area contributed by atoms with Crippen molar-refractivity contribution >= 4 is 5.97 Å². The Kier molecular flexibility index (Phi) is 3.50. The van der Waals surface area contributed by atoms with Gasteiger partial charge in [-0.15, -0.1) is 0 Å². The van der Waals surface area contributed by atoms with Crippen molar-refractivity contribution in [1.82, 2.24) is 15.2 Å². The Morgan fingerprint density at radius 2 is 1.95 bits per heavy atom. The first-order chi connectivity index (χ1) is 9.02. The third-order valence-corrected chi connectivity index (χ3v) is 2.20. The smallest absolute Gasteiger partial charge is 0.375 e. The van der Waals surface area contributed by atoms with Crippen LogP contribution in [0.1, 0.15) is 17.5 Å². The number of carbonyl (C=O) groups is 1. The van der Waals surface area contributed by atoms with Gasteiger partial charge >= 0.3 is 5.97 Å². The van der Waals surface area contributed by atoms with Crippen LogP contribution < -0.4 is 0 Å². The van der Waals surface area contributed by atoms with Crippen molar-refractivity contribution in [2.24, 2.45) is 0 Å². The molecule has 19 heavy (non-hydrogen) atoms. The molecule has 0 unspecified atom stereocenters. The minimum Gasteiger partial charge on any atom is -0.460 e. The fraction of sp³-hybridized carbons (Fsp3) is 0.182. The lowest BCUT2D eigenvalue weighted by molar-refractivity contribution is 0.0512. The number of rotatable bonds is 3. The molecule has 0 spiro atoms. The quantitative estimate of drug-likeness (QED) is 0.685. The normalized spacial score (nSPS) is 10.5. The molecule has 0 aliphatic rings. The van der Waals surface area contributed by atoms with Crippen LogP contribution in [0.15, 0.2) is 12.1 Å². The molecule has 0 aliphatic carbocycles. The zero-order valence-corrected chi connectivity index (χ0v) is 9.71. The van der Waals surface area contributed by atoms with Crippen molar-refractivity contribution in [2.75, 3.05) is 6.61 Å². The van der Waals surface area contributed by atoms with Gasteiger partial charge in [0.05, 0.1) is 6.61 Å². The van der Waals surface area contributed by atoms with Crippen molar-refractivity contribution in [2.45, 2.75) is 6.92 Å². The largest absolute Gasteiger partial charge is 0.460 e. The molecule has 0 bridgehead atoms. The fourth-order valence-corrected chi connectivity index (χ4v) is 1.37. The third kappa shape index (κ3) is 2.56. The molecular formula is C11H8F3N3O2. The summed E-state index contributed by atoms with van der Waals surface area (Å²) in [7, 11) is 0.